The molecule has 0 radical (unpaired) electrons. The Morgan fingerprint density at radius 2 is 1.88 bits per heavy atom. The Labute approximate surface area is 202 Å². The zero-order valence-electron chi connectivity index (χ0n) is 18.4. The van der Waals surface area contributed by atoms with Crippen LogP contribution in [0.4, 0.5) is 11.6 Å². The molecule has 2 heterocycles. The number of benzene rings is 3. The van der Waals surface area contributed by atoms with E-state index in [9.17, 15) is 4.79 Å². The molecule has 7 nitrogen and oxygen atoms in total. The third-order valence-electron chi connectivity index (χ3n) is 5.56. The van der Waals surface area contributed by atoms with Crippen LogP contribution in [0, 0.1) is 0 Å². The molecule has 0 spiro atoms. The van der Waals surface area contributed by atoms with Gasteiger partial charge in [0.15, 0.2) is 0 Å². The van der Waals surface area contributed by atoms with Crippen molar-refractivity contribution in [2.75, 3.05) is 10.6 Å². The van der Waals surface area contributed by atoms with Gasteiger partial charge in [0, 0.05) is 16.4 Å². The highest BCUT2D eigenvalue weighted by atomic mass is 35.5. The molecule has 0 saturated carbocycles. The number of anilines is 2. The molecule has 4 aromatic rings. The van der Waals surface area contributed by atoms with Crippen LogP contribution in [-0.4, -0.2) is 20.7 Å². The molecule has 3 aromatic carbocycles. The van der Waals surface area contributed by atoms with E-state index in [-0.39, 0.29) is 5.91 Å². The maximum absolute atomic E-state index is 13.4. The van der Waals surface area contributed by atoms with E-state index in [2.05, 4.69) is 20.7 Å². The van der Waals surface area contributed by atoms with Gasteiger partial charge >= 0.3 is 0 Å². The van der Waals surface area contributed by atoms with Crippen LogP contribution in [0.1, 0.15) is 24.1 Å². The Balaban J connectivity index is 1.45. The number of para-hydroxylation sites is 1. The maximum Gasteiger partial charge on any atom is 0.255 e. The number of carbonyl (C=O) groups is 1. The van der Waals surface area contributed by atoms with Crippen molar-refractivity contribution in [2.45, 2.75) is 19.6 Å². The minimum Gasteiger partial charge on any atom is -0.489 e. The van der Waals surface area contributed by atoms with Gasteiger partial charge in [0.1, 0.15) is 24.7 Å². The first-order valence-corrected chi connectivity index (χ1v) is 11.2. The van der Waals surface area contributed by atoms with E-state index in [1.165, 1.54) is 6.33 Å². The standard InChI is InChI=1S/C26H22ClN5O2/c1-17-23(25(33)31-21-7-3-2-4-8-21)24(32-26(30-17)28-16-29-32)19-6-5-9-22(14-19)34-15-18-10-12-20(27)13-11-18/h2-14,16,24H,15H2,1H3,(H,31,33)(H,28,29,30)/t24-/m0/s1. The third-order valence-corrected chi connectivity index (χ3v) is 5.82. The van der Waals surface area contributed by atoms with Crippen molar-refractivity contribution in [2.24, 2.45) is 0 Å². The topological polar surface area (TPSA) is 81.1 Å². The van der Waals surface area contributed by atoms with Gasteiger partial charge in [-0.05, 0) is 54.4 Å². The van der Waals surface area contributed by atoms with E-state index in [4.69, 9.17) is 16.3 Å². The summed E-state index contributed by atoms with van der Waals surface area (Å²) in [6.45, 7) is 2.27. The van der Waals surface area contributed by atoms with Gasteiger partial charge in [-0.15, -0.1) is 0 Å². The lowest BCUT2D eigenvalue weighted by molar-refractivity contribution is -0.113. The first-order valence-electron chi connectivity index (χ1n) is 10.8. The number of aromatic nitrogens is 3. The van der Waals surface area contributed by atoms with Crippen LogP contribution >= 0.6 is 11.6 Å². The number of carbonyl (C=O) groups excluding carboxylic acids is 1. The van der Waals surface area contributed by atoms with Gasteiger partial charge in [-0.3, -0.25) is 4.79 Å². The summed E-state index contributed by atoms with van der Waals surface area (Å²) in [5.41, 5.74) is 3.85. The highest BCUT2D eigenvalue weighted by molar-refractivity contribution is 6.30. The van der Waals surface area contributed by atoms with E-state index >= 15 is 0 Å². The highest BCUT2D eigenvalue weighted by Gasteiger charge is 2.33. The summed E-state index contributed by atoms with van der Waals surface area (Å²) in [6.07, 6.45) is 1.47. The van der Waals surface area contributed by atoms with Crippen molar-refractivity contribution < 1.29 is 9.53 Å². The Morgan fingerprint density at radius 1 is 1.09 bits per heavy atom. The molecule has 34 heavy (non-hydrogen) atoms. The van der Waals surface area contributed by atoms with Crippen molar-refractivity contribution in [1.29, 1.82) is 0 Å². The summed E-state index contributed by atoms with van der Waals surface area (Å²) in [6, 6.07) is 24.1. The molecular weight excluding hydrogens is 450 g/mol. The second kappa shape index (κ2) is 9.41. The second-order valence-electron chi connectivity index (χ2n) is 7.90. The number of hydrogen-bond acceptors (Lipinski definition) is 5. The van der Waals surface area contributed by atoms with Crippen molar-refractivity contribution in [3.63, 3.8) is 0 Å². The number of hydrogen-bond donors (Lipinski definition) is 2. The Morgan fingerprint density at radius 3 is 2.68 bits per heavy atom. The molecule has 2 N–H and O–H groups in total. The van der Waals surface area contributed by atoms with Gasteiger partial charge in [0.2, 0.25) is 5.95 Å². The van der Waals surface area contributed by atoms with E-state index < -0.39 is 6.04 Å². The van der Waals surface area contributed by atoms with Crippen LogP contribution in [0.25, 0.3) is 0 Å². The summed E-state index contributed by atoms with van der Waals surface area (Å²) in [5, 5.41) is 11.3. The molecule has 1 aliphatic heterocycles. The molecule has 1 aromatic heterocycles. The molecule has 8 heteroatoms. The van der Waals surface area contributed by atoms with Crippen molar-refractivity contribution >= 4 is 29.1 Å². The van der Waals surface area contributed by atoms with Crippen LogP contribution in [0.3, 0.4) is 0 Å². The molecule has 5 rings (SSSR count). The third kappa shape index (κ3) is 4.51. The van der Waals surface area contributed by atoms with E-state index in [0.29, 0.717) is 34.6 Å². The lowest BCUT2D eigenvalue weighted by Crippen LogP contribution is -2.31. The van der Waals surface area contributed by atoms with E-state index in [1.807, 2.05) is 85.8 Å². The molecule has 0 aliphatic carbocycles. The average molecular weight is 472 g/mol. The van der Waals surface area contributed by atoms with Gasteiger partial charge in [-0.2, -0.15) is 10.1 Å². The predicted molar refractivity (Wildman–Crippen MR) is 132 cm³/mol. The van der Waals surface area contributed by atoms with Crippen LogP contribution < -0.4 is 15.4 Å². The quantitative estimate of drug-likeness (QED) is 0.391. The Bertz CT molecular complexity index is 1350. The summed E-state index contributed by atoms with van der Waals surface area (Å²) in [4.78, 5) is 17.7. The number of fused-ring (bicyclic) bond motifs is 1. The number of ether oxygens (including phenoxy) is 1. The zero-order valence-corrected chi connectivity index (χ0v) is 19.2. The minimum absolute atomic E-state index is 0.213. The second-order valence-corrected chi connectivity index (χ2v) is 8.34. The molecule has 1 atom stereocenters. The van der Waals surface area contributed by atoms with Crippen molar-refractivity contribution in [3.05, 3.63) is 113 Å². The molecule has 0 saturated heterocycles. The van der Waals surface area contributed by atoms with Crippen LogP contribution in [0.5, 0.6) is 5.75 Å². The van der Waals surface area contributed by atoms with E-state index in [1.54, 1.807) is 4.68 Å². The lowest BCUT2D eigenvalue weighted by atomic mass is 9.95. The molecule has 1 amide bonds. The molecule has 0 fully saturated rings. The Hall–Kier alpha value is -4.10. The summed E-state index contributed by atoms with van der Waals surface area (Å²) in [5.74, 6) is 1.05. The number of rotatable bonds is 6. The Kier molecular flexibility index (Phi) is 6.01. The number of halogens is 1. The normalized spacial score (nSPS) is 14.8. The van der Waals surface area contributed by atoms with Gasteiger partial charge < -0.3 is 15.4 Å². The van der Waals surface area contributed by atoms with Gasteiger partial charge in [-0.1, -0.05) is 54.1 Å². The monoisotopic (exact) mass is 471 g/mol. The highest BCUT2D eigenvalue weighted by Crippen LogP contribution is 2.36. The fourth-order valence-corrected chi connectivity index (χ4v) is 4.06. The number of amides is 1. The first-order chi connectivity index (χ1) is 16.6. The van der Waals surface area contributed by atoms with Crippen LogP contribution in [0.15, 0.2) is 96.5 Å². The molecule has 1 aliphatic rings. The number of nitrogens with one attached hydrogen (secondary N) is 2. The minimum atomic E-state index is -0.471. The van der Waals surface area contributed by atoms with Crippen LogP contribution in [0.2, 0.25) is 5.02 Å². The zero-order chi connectivity index (χ0) is 23.5. The fourth-order valence-electron chi connectivity index (χ4n) is 3.93. The molecule has 170 valence electrons. The maximum atomic E-state index is 13.4. The smallest absolute Gasteiger partial charge is 0.255 e. The van der Waals surface area contributed by atoms with Gasteiger partial charge in [0.05, 0.1) is 5.57 Å². The van der Waals surface area contributed by atoms with Crippen LogP contribution in [-0.2, 0) is 11.4 Å². The fraction of sp³-hybridized carbons (Fsp3) is 0.115. The predicted octanol–water partition coefficient (Wildman–Crippen LogP) is 5.44. The van der Waals surface area contributed by atoms with Crippen molar-refractivity contribution in [3.8, 4) is 5.75 Å². The SMILES string of the molecule is CC1=C(C(=O)Nc2ccccc2)[C@H](c2cccc(OCc3ccc(Cl)cc3)c2)n2ncnc2N1. The van der Waals surface area contributed by atoms with Gasteiger partial charge in [0.25, 0.3) is 5.91 Å². The number of allylic oxidation sites excluding steroid dienone is 1. The summed E-state index contributed by atoms with van der Waals surface area (Å²) < 4.78 is 7.74. The summed E-state index contributed by atoms with van der Waals surface area (Å²) >= 11 is 5.97. The molecule has 0 unspecified atom stereocenters. The lowest BCUT2D eigenvalue weighted by Gasteiger charge is -2.29. The first kappa shape index (κ1) is 21.7. The van der Waals surface area contributed by atoms with Crippen molar-refractivity contribution in [1.82, 2.24) is 14.8 Å². The average Bonchev–Trinajstić information content (AvgIpc) is 3.31. The molecule has 0 bridgehead atoms. The largest absolute Gasteiger partial charge is 0.489 e. The van der Waals surface area contributed by atoms with Gasteiger partial charge in [-0.25, -0.2) is 4.68 Å². The number of nitrogens with zero attached hydrogens (tertiary/aromatic N) is 3. The van der Waals surface area contributed by atoms with E-state index in [0.717, 1.165) is 16.8 Å². The molecular formula is C26H22ClN5O2. The summed E-state index contributed by atoms with van der Waals surface area (Å²) in [7, 11) is 0.